The number of carbonyl (C=O) groups is 4. The fourth-order valence-electron chi connectivity index (χ4n) is 7.45. The van der Waals surface area contributed by atoms with E-state index < -0.39 is 12.1 Å². The van der Waals surface area contributed by atoms with Crippen LogP contribution in [0.2, 0.25) is 0 Å². The van der Waals surface area contributed by atoms with Crippen molar-refractivity contribution < 1.29 is 42.9 Å². The number of hydrogen-bond donors (Lipinski definition) is 2. The third-order valence-corrected chi connectivity index (χ3v) is 10.5. The number of rotatable bonds is 10. The third kappa shape index (κ3) is 5.75. The molecule has 2 N–H and O–H groups in total. The molecule has 4 heterocycles. The van der Waals surface area contributed by atoms with Gasteiger partial charge in [0.2, 0.25) is 11.8 Å². The SMILES string of the molecule is COc1ccc(C2=CN3C(=O)c4cc(OC)c(OCCCOc5cc6c(cc5OC)C(=O)N5CC7(CC7)CC5C(=O)N6)cc4NC(=O)C3C2)cc1. The molecule has 1 saturated heterocycles. The smallest absolute Gasteiger partial charge is 0.260 e. The highest BCUT2D eigenvalue weighted by Gasteiger charge is 2.56. The van der Waals surface area contributed by atoms with Crippen LogP contribution in [0.3, 0.4) is 0 Å². The molecule has 3 aromatic rings. The summed E-state index contributed by atoms with van der Waals surface area (Å²) in [4.78, 5) is 56.8. The van der Waals surface area contributed by atoms with Crippen molar-refractivity contribution in [3.63, 3.8) is 0 Å². The lowest BCUT2D eigenvalue weighted by Crippen LogP contribution is -2.40. The zero-order valence-electron chi connectivity index (χ0n) is 28.6. The van der Waals surface area contributed by atoms with E-state index in [0.29, 0.717) is 71.3 Å². The number of methoxy groups -OCH3 is 3. The summed E-state index contributed by atoms with van der Waals surface area (Å²) < 4.78 is 28.5. The van der Waals surface area contributed by atoms with E-state index in [1.165, 1.54) is 19.1 Å². The van der Waals surface area contributed by atoms with E-state index in [1.807, 2.05) is 24.3 Å². The molecule has 13 nitrogen and oxygen atoms in total. The molecule has 1 saturated carbocycles. The van der Waals surface area contributed by atoms with Crippen LogP contribution in [-0.4, -0.2) is 86.6 Å². The predicted molar refractivity (Wildman–Crippen MR) is 186 cm³/mol. The standard InChI is InChI=1S/C38H38N4O9/c1-47-23-7-5-21(6-8-23)22-13-28-34(43)39-26-16-32(30(48-2)14-24(26)36(45)41(28)19-22)50-11-4-12-51-33-17-27-25(15-31(33)49-3)37(46)42-20-38(9-10-38)18-29(42)35(44)40-27/h5-8,14-17,19,28-29H,4,9-13,18,20H2,1-3H3,(H,39,43)(H,40,44). The number of benzene rings is 3. The van der Waals surface area contributed by atoms with Gasteiger partial charge >= 0.3 is 0 Å². The monoisotopic (exact) mass is 694 g/mol. The van der Waals surface area contributed by atoms with Gasteiger partial charge in [0.05, 0.1) is 57.0 Å². The fourth-order valence-corrected chi connectivity index (χ4v) is 7.45. The fraction of sp³-hybridized carbons (Fsp3) is 0.368. The van der Waals surface area contributed by atoms with Crippen LogP contribution < -0.4 is 34.3 Å². The number of amides is 4. The highest BCUT2D eigenvalue weighted by atomic mass is 16.5. The van der Waals surface area contributed by atoms with Crippen LogP contribution in [0.4, 0.5) is 11.4 Å². The van der Waals surface area contributed by atoms with Crippen molar-refractivity contribution in [2.24, 2.45) is 5.41 Å². The molecule has 13 heteroatoms. The van der Waals surface area contributed by atoms with Gasteiger partial charge in [0.1, 0.15) is 17.8 Å². The summed E-state index contributed by atoms with van der Waals surface area (Å²) in [7, 11) is 4.59. The Labute approximate surface area is 294 Å². The maximum absolute atomic E-state index is 13.7. The molecular formula is C38H38N4O9. The van der Waals surface area contributed by atoms with Crippen LogP contribution in [-0.2, 0) is 9.59 Å². The van der Waals surface area contributed by atoms with Crippen molar-refractivity contribution in [3.8, 4) is 28.7 Å². The molecule has 1 spiro atoms. The molecule has 0 radical (unpaired) electrons. The molecule has 5 aliphatic rings. The zero-order chi connectivity index (χ0) is 35.4. The second kappa shape index (κ2) is 12.6. The molecule has 2 unspecified atom stereocenters. The van der Waals surface area contributed by atoms with E-state index in [2.05, 4.69) is 10.6 Å². The summed E-state index contributed by atoms with van der Waals surface area (Å²) in [5.41, 5.74) is 3.28. The van der Waals surface area contributed by atoms with Crippen LogP contribution in [0.25, 0.3) is 5.57 Å². The van der Waals surface area contributed by atoms with Crippen molar-refractivity contribution >= 4 is 40.6 Å². The van der Waals surface area contributed by atoms with Crippen molar-refractivity contribution in [1.29, 1.82) is 0 Å². The van der Waals surface area contributed by atoms with Gasteiger partial charge in [0.25, 0.3) is 11.8 Å². The second-order valence-electron chi connectivity index (χ2n) is 13.6. The Bertz CT molecular complexity index is 1990. The van der Waals surface area contributed by atoms with Crippen molar-refractivity contribution in [2.45, 2.75) is 44.2 Å². The van der Waals surface area contributed by atoms with E-state index in [1.54, 1.807) is 42.5 Å². The highest BCUT2D eigenvalue weighted by Crippen LogP contribution is 2.56. The second-order valence-corrected chi connectivity index (χ2v) is 13.6. The minimum absolute atomic E-state index is 0.0936. The quantitative estimate of drug-likeness (QED) is 0.288. The number of carbonyl (C=O) groups excluding carboxylic acids is 4. The summed E-state index contributed by atoms with van der Waals surface area (Å²) in [6.45, 7) is 1.06. The molecular weight excluding hydrogens is 656 g/mol. The number of nitrogens with one attached hydrogen (secondary N) is 2. The first kappa shape index (κ1) is 32.5. The summed E-state index contributed by atoms with van der Waals surface area (Å²) in [5.74, 6) is 1.21. The Balaban J connectivity index is 0.928. The summed E-state index contributed by atoms with van der Waals surface area (Å²) >= 11 is 0. The minimum Gasteiger partial charge on any atom is -0.497 e. The molecule has 4 aliphatic heterocycles. The van der Waals surface area contributed by atoms with Gasteiger partial charge < -0.3 is 44.1 Å². The zero-order valence-corrected chi connectivity index (χ0v) is 28.6. The Morgan fingerprint density at radius 2 is 1.31 bits per heavy atom. The van der Waals surface area contributed by atoms with Crippen LogP contribution in [0.1, 0.15) is 58.4 Å². The summed E-state index contributed by atoms with van der Waals surface area (Å²) in [6, 6.07) is 12.8. The molecule has 1 aliphatic carbocycles. The number of nitrogens with zero attached hydrogens (tertiary/aromatic N) is 2. The highest BCUT2D eigenvalue weighted by molar-refractivity contribution is 6.13. The minimum atomic E-state index is -0.696. The lowest BCUT2D eigenvalue weighted by molar-refractivity contribution is -0.120. The average molecular weight is 695 g/mol. The van der Waals surface area contributed by atoms with Gasteiger partial charge in [-0.15, -0.1) is 0 Å². The number of fused-ring (bicyclic) bond motifs is 4. The first-order valence-corrected chi connectivity index (χ1v) is 17.0. The van der Waals surface area contributed by atoms with Gasteiger partial charge in [-0.25, -0.2) is 0 Å². The van der Waals surface area contributed by atoms with Crippen LogP contribution in [0.5, 0.6) is 28.7 Å². The molecule has 264 valence electrons. The van der Waals surface area contributed by atoms with Crippen molar-refractivity contribution in [1.82, 2.24) is 9.80 Å². The third-order valence-electron chi connectivity index (χ3n) is 10.5. The van der Waals surface area contributed by atoms with Crippen LogP contribution in [0, 0.1) is 5.41 Å². The Hall–Kier alpha value is -5.72. The first-order valence-electron chi connectivity index (χ1n) is 17.0. The van der Waals surface area contributed by atoms with E-state index in [-0.39, 0.29) is 42.3 Å². The number of hydrogen-bond acceptors (Lipinski definition) is 9. The van der Waals surface area contributed by atoms with Crippen molar-refractivity contribution in [3.05, 3.63) is 71.4 Å². The molecule has 0 bridgehead atoms. The largest absolute Gasteiger partial charge is 0.497 e. The average Bonchev–Trinajstić information content (AvgIpc) is 3.62. The maximum Gasteiger partial charge on any atom is 0.260 e. The van der Waals surface area contributed by atoms with Crippen LogP contribution >= 0.6 is 0 Å². The van der Waals surface area contributed by atoms with Gasteiger partial charge in [0.15, 0.2) is 23.0 Å². The Morgan fingerprint density at radius 1 is 0.725 bits per heavy atom. The van der Waals surface area contributed by atoms with E-state index in [9.17, 15) is 19.2 Å². The van der Waals surface area contributed by atoms with Gasteiger partial charge in [-0.3, -0.25) is 19.2 Å². The lowest BCUT2D eigenvalue weighted by Gasteiger charge is -2.20. The molecule has 0 aromatic heterocycles. The normalized spacial score (nSPS) is 21.0. The van der Waals surface area contributed by atoms with Gasteiger partial charge in [-0.2, -0.15) is 0 Å². The predicted octanol–water partition coefficient (Wildman–Crippen LogP) is 4.71. The van der Waals surface area contributed by atoms with E-state index in [4.69, 9.17) is 23.7 Å². The van der Waals surface area contributed by atoms with E-state index in [0.717, 1.165) is 29.7 Å². The topological polar surface area (TPSA) is 145 Å². The number of ether oxygens (including phenoxy) is 5. The van der Waals surface area contributed by atoms with Gasteiger partial charge in [0, 0.05) is 37.7 Å². The van der Waals surface area contributed by atoms with Crippen LogP contribution in [0.15, 0.2) is 54.7 Å². The Kier molecular flexibility index (Phi) is 8.00. The summed E-state index contributed by atoms with van der Waals surface area (Å²) in [6.07, 6.45) is 5.34. The molecule has 8 rings (SSSR count). The van der Waals surface area contributed by atoms with E-state index >= 15 is 0 Å². The lowest BCUT2D eigenvalue weighted by atomic mass is 10.0. The van der Waals surface area contributed by atoms with Crippen molar-refractivity contribution in [2.75, 3.05) is 51.7 Å². The first-order chi connectivity index (χ1) is 24.7. The molecule has 51 heavy (non-hydrogen) atoms. The Morgan fingerprint density at radius 3 is 1.88 bits per heavy atom. The molecule has 2 atom stereocenters. The molecule has 3 aromatic carbocycles. The molecule has 4 amide bonds. The number of anilines is 2. The van der Waals surface area contributed by atoms with Gasteiger partial charge in [-0.05, 0) is 60.1 Å². The molecule has 2 fully saturated rings. The van der Waals surface area contributed by atoms with Gasteiger partial charge in [-0.1, -0.05) is 12.1 Å². The maximum atomic E-state index is 13.7. The summed E-state index contributed by atoms with van der Waals surface area (Å²) in [5, 5.41) is 5.85.